The Balaban J connectivity index is 3.10. The fourth-order valence-electron chi connectivity index (χ4n) is 1.22. The lowest BCUT2D eigenvalue weighted by Gasteiger charge is -2.29. The van der Waals surface area contributed by atoms with Crippen LogP contribution in [0.1, 0.15) is 0 Å². The summed E-state index contributed by atoms with van der Waals surface area (Å²) in [6.45, 7) is 0. The quantitative estimate of drug-likeness (QED) is 0.624. The minimum atomic E-state index is -6.46. The maximum atomic E-state index is 13.3. The van der Waals surface area contributed by atoms with Gasteiger partial charge in [0.1, 0.15) is 11.5 Å². The molecule has 0 saturated heterocycles. The van der Waals surface area contributed by atoms with Crippen LogP contribution < -0.4 is 4.18 Å². The van der Waals surface area contributed by atoms with Gasteiger partial charge in [0.15, 0.2) is 0 Å². The van der Waals surface area contributed by atoms with Gasteiger partial charge in [-0.2, -0.15) is 34.8 Å². The highest BCUT2D eigenvalue weighted by Crippen LogP contribution is 2.47. The summed E-state index contributed by atoms with van der Waals surface area (Å²) in [6.07, 6.45) is -12.9. The third kappa shape index (κ3) is 3.99. The van der Waals surface area contributed by atoms with Gasteiger partial charge in [0, 0.05) is 0 Å². The molecule has 0 atom stereocenters. The molecule has 120 valence electrons. The third-order valence-electron chi connectivity index (χ3n) is 2.24. The van der Waals surface area contributed by atoms with Crippen LogP contribution in [0.4, 0.5) is 30.7 Å². The van der Waals surface area contributed by atoms with E-state index in [0.717, 1.165) is 12.1 Å². The average molecular weight is 340 g/mol. The first-order valence-corrected chi connectivity index (χ1v) is 6.66. The smallest absolute Gasteiger partial charge is 0.382 e. The second-order valence-corrected chi connectivity index (χ2v) is 5.47. The van der Waals surface area contributed by atoms with E-state index < -0.39 is 39.6 Å². The molecule has 21 heavy (non-hydrogen) atoms. The maximum Gasteiger partial charge on any atom is 0.432 e. The summed E-state index contributed by atoms with van der Waals surface area (Å²) >= 11 is 0. The molecule has 0 radical (unpaired) electrons. The van der Waals surface area contributed by atoms with E-state index in [0.29, 0.717) is 0 Å². The van der Waals surface area contributed by atoms with E-state index >= 15 is 0 Å². The lowest BCUT2D eigenvalue weighted by molar-refractivity contribution is -0.332. The fraction of sp³-hybridized carbons (Fsp3) is 0.400. The van der Waals surface area contributed by atoms with Crippen LogP contribution in [-0.4, -0.2) is 32.2 Å². The Morgan fingerprint density at radius 2 is 1.29 bits per heavy atom. The SMILES string of the molecule is O=S(=O)(CC(F)(C(F)(F)F)C(F)(F)F)Oc1ccccc1. The van der Waals surface area contributed by atoms with Gasteiger partial charge in [0.2, 0.25) is 0 Å². The zero-order valence-electron chi connectivity index (χ0n) is 9.87. The fourth-order valence-corrected chi connectivity index (χ4v) is 2.50. The molecule has 0 N–H and O–H groups in total. The monoisotopic (exact) mass is 340 g/mol. The number of para-hydroxylation sites is 1. The van der Waals surface area contributed by atoms with Crippen LogP contribution >= 0.6 is 0 Å². The molecular weight excluding hydrogens is 333 g/mol. The second-order valence-electron chi connectivity index (χ2n) is 3.90. The van der Waals surface area contributed by atoms with Crippen molar-refractivity contribution < 1.29 is 43.3 Å². The van der Waals surface area contributed by atoms with Crippen molar-refractivity contribution in [1.82, 2.24) is 0 Å². The molecule has 0 amide bonds. The van der Waals surface area contributed by atoms with Crippen molar-refractivity contribution in [3.8, 4) is 5.75 Å². The summed E-state index contributed by atoms with van der Waals surface area (Å²) in [5.74, 6) is -3.47. The van der Waals surface area contributed by atoms with Crippen molar-refractivity contribution in [2.24, 2.45) is 0 Å². The Morgan fingerprint density at radius 3 is 1.67 bits per heavy atom. The maximum absolute atomic E-state index is 13.3. The van der Waals surface area contributed by atoms with Crippen molar-refractivity contribution in [3.63, 3.8) is 0 Å². The van der Waals surface area contributed by atoms with Crippen molar-refractivity contribution in [2.75, 3.05) is 5.75 Å². The zero-order chi connectivity index (χ0) is 16.5. The first-order valence-electron chi connectivity index (χ1n) is 5.08. The molecule has 0 aromatic heterocycles. The van der Waals surface area contributed by atoms with Gasteiger partial charge >= 0.3 is 28.1 Å². The third-order valence-corrected chi connectivity index (χ3v) is 3.44. The van der Waals surface area contributed by atoms with Crippen LogP contribution in [0.15, 0.2) is 30.3 Å². The number of rotatable bonds is 4. The van der Waals surface area contributed by atoms with E-state index in [1.807, 2.05) is 0 Å². The van der Waals surface area contributed by atoms with Gasteiger partial charge in [-0.25, -0.2) is 4.39 Å². The molecule has 0 saturated carbocycles. The molecule has 0 aliphatic carbocycles. The number of hydrogen-bond acceptors (Lipinski definition) is 3. The summed E-state index contributed by atoms with van der Waals surface area (Å²) in [4.78, 5) is 0. The van der Waals surface area contributed by atoms with Gasteiger partial charge in [-0.3, -0.25) is 0 Å². The van der Waals surface area contributed by atoms with E-state index in [4.69, 9.17) is 0 Å². The van der Waals surface area contributed by atoms with Gasteiger partial charge in [-0.05, 0) is 12.1 Å². The topological polar surface area (TPSA) is 43.4 Å². The summed E-state index contributed by atoms with van der Waals surface area (Å²) in [5, 5.41) is 0. The lowest BCUT2D eigenvalue weighted by atomic mass is 10.1. The molecule has 0 aliphatic rings. The van der Waals surface area contributed by atoms with E-state index in [-0.39, 0.29) is 0 Å². The molecule has 0 spiro atoms. The first-order chi connectivity index (χ1) is 9.29. The van der Waals surface area contributed by atoms with Gasteiger partial charge in [-0.15, -0.1) is 0 Å². The number of alkyl halides is 7. The summed E-state index contributed by atoms with van der Waals surface area (Å²) in [5.41, 5.74) is -5.92. The van der Waals surface area contributed by atoms with Crippen LogP contribution in [-0.2, 0) is 10.1 Å². The molecule has 0 aliphatic heterocycles. The van der Waals surface area contributed by atoms with Gasteiger partial charge in [0.05, 0.1) is 0 Å². The molecule has 11 heteroatoms. The van der Waals surface area contributed by atoms with Gasteiger partial charge in [0.25, 0.3) is 0 Å². The normalized spacial score (nSPS) is 14.0. The number of hydrogen-bond donors (Lipinski definition) is 0. The highest BCUT2D eigenvalue weighted by molar-refractivity contribution is 7.87. The Hall–Kier alpha value is -1.52. The highest BCUT2D eigenvalue weighted by atomic mass is 32.2. The molecule has 0 bridgehead atoms. The van der Waals surface area contributed by atoms with Crippen LogP contribution in [0.5, 0.6) is 5.75 Å². The van der Waals surface area contributed by atoms with Crippen molar-refractivity contribution in [2.45, 2.75) is 18.0 Å². The minimum Gasteiger partial charge on any atom is -0.382 e. The van der Waals surface area contributed by atoms with Gasteiger partial charge in [-0.1, -0.05) is 18.2 Å². The number of benzene rings is 1. The summed E-state index contributed by atoms with van der Waals surface area (Å²) in [6, 6.07) is 5.78. The standard InChI is InChI=1S/C10H7F7O3S/c11-8(9(12,13)14,10(15,16)17)6-21(18,19)20-7-4-2-1-3-5-7/h1-5H,6H2. The molecule has 3 nitrogen and oxygen atoms in total. The van der Waals surface area contributed by atoms with Crippen molar-refractivity contribution in [1.29, 1.82) is 0 Å². The van der Waals surface area contributed by atoms with E-state index in [2.05, 4.69) is 4.18 Å². The van der Waals surface area contributed by atoms with Crippen LogP contribution in [0.3, 0.4) is 0 Å². The second kappa shape index (κ2) is 5.35. The first kappa shape index (κ1) is 17.5. The van der Waals surface area contributed by atoms with Gasteiger partial charge < -0.3 is 4.18 Å². The zero-order valence-corrected chi connectivity index (χ0v) is 10.7. The molecule has 0 heterocycles. The van der Waals surface area contributed by atoms with E-state index in [9.17, 15) is 39.2 Å². The highest BCUT2D eigenvalue weighted by Gasteiger charge is 2.74. The average Bonchev–Trinajstić information content (AvgIpc) is 2.25. The molecule has 1 rings (SSSR count). The predicted octanol–water partition coefficient (Wildman–Crippen LogP) is 3.23. The summed E-state index contributed by atoms with van der Waals surface area (Å²) in [7, 11) is -5.47. The van der Waals surface area contributed by atoms with Crippen molar-refractivity contribution >= 4 is 10.1 Å². The Bertz CT molecular complexity index is 563. The van der Waals surface area contributed by atoms with Crippen LogP contribution in [0.25, 0.3) is 0 Å². The number of halogens is 7. The molecule has 0 fully saturated rings. The van der Waals surface area contributed by atoms with E-state index in [1.165, 1.54) is 18.2 Å². The Labute approximate surface area is 114 Å². The van der Waals surface area contributed by atoms with Crippen LogP contribution in [0.2, 0.25) is 0 Å². The van der Waals surface area contributed by atoms with E-state index in [1.54, 1.807) is 0 Å². The largest absolute Gasteiger partial charge is 0.432 e. The lowest BCUT2D eigenvalue weighted by Crippen LogP contribution is -2.57. The molecule has 0 unspecified atom stereocenters. The minimum absolute atomic E-state index is 0.538. The Kier molecular flexibility index (Phi) is 4.47. The molecular formula is C10H7F7O3S. The Morgan fingerprint density at radius 1 is 0.857 bits per heavy atom. The molecule has 1 aromatic carbocycles. The summed E-state index contributed by atoms with van der Waals surface area (Å²) < 4.78 is 113. The van der Waals surface area contributed by atoms with Crippen LogP contribution in [0, 0.1) is 0 Å². The van der Waals surface area contributed by atoms with Crippen molar-refractivity contribution in [3.05, 3.63) is 30.3 Å². The predicted molar refractivity (Wildman–Crippen MR) is 56.8 cm³/mol. The molecule has 1 aromatic rings.